The fourth-order valence-corrected chi connectivity index (χ4v) is 4.24. The van der Waals surface area contributed by atoms with E-state index in [4.69, 9.17) is 39.1 Å². The second-order valence-electron chi connectivity index (χ2n) is 6.29. The molecule has 2 aromatic carbocycles. The van der Waals surface area contributed by atoms with E-state index in [1.54, 1.807) is 55.6 Å². The summed E-state index contributed by atoms with van der Waals surface area (Å²) < 4.78 is 5.13. The monoisotopic (exact) mass is 497 g/mol. The van der Waals surface area contributed by atoms with Crippen molar-refractivity contribution in [1.29, 1.82) is 5.41 Å². The lowest BCUT2D eigenvalue weighted by Gasteiger charge is -2.06. The lowest BCUT2D eigenvalue weighted by Crippen LogP contribution is -2.36. The molecule has 1 heterocycles. The van der Waals surface area contributed by atoms with Crippen LogP contribution in [0.4, 0.5) is 0 Å². The number of guanidine groups is 1. The van der Waals surface area contributed by atoms with Crippen LogP contribution >= 0.6 is 46.9 Å². The minimum Gasteiger partial charge on any atom is -0.497 e. The van der Waals surface area contributed by atoms with Crippen LogP contribution in [0, 0.1) is 5.41 Å². The second-order valence-corrected chi connectivity index (χ2v) is 8.16. The van der Waals surface area contributed by atoms with E-state index in [0.717, 1.165) is 5.56 Å². The quantitative estimate of drug-likeness (QED) is 0.254. The van der Waals surface area contributed by atoms with Crippen LogP contribution in [0.5, 0.6) is 5.75 Å². The highest BCUT2D eigenvalue weighted by Gasteiger charge is 2.20. The van der Waals surface area contributed by atoms with Crippen LogP contribution in [0.3, 0.4) is 0 Å². The van der Waals surface area contributed by atoms with Crippen molar-refractivity contribution in [2.45, 2.75) is 6.42 Å². The first-order valence-electron chi connectivity index (χ1n) is 8.69. The maximum Gasteiger partial charge on any atom is 0.231 e. The van der Waals surface area contributed by atoms with Crippen molar-refractivity contribution in [2.75, 3.05) is 7.11 Å². The topological polar surface area (TPSA) is 105 Å². The first kappa shape index (κ1) is 24.7. The molecule has 0 fully saturated rings. The number of methoxy groups -OCH3 is 1. The Morgan fingerprint density at radius 1 is 1.10 bits per heavy atom. The van der Waals surface area contributed by atoms with E-state index in [0.29, 0.717) is 36.7 Å². The Balaban J connectivity index is 0.00000341. The first-order valence-corrected chi connectivity index (χ1v) is 10.3. The second kappa shape index (κ2) is 10.6. The number of nitrogens with two attached hydrogens (primary N) is 1. The summed E-state index contributed by atoms with van der Waals surface area (Å²) in [7, 11) is 1.55. The molecule has 162 valence electrons. The largest absolute Gasteiger partial charge is 0.497 e. The van der Waals surface area contributed by atoms with Gasteiger partial charge in [-0.15, -0.1) is 23.7 Å². The number of carbonyl (C=O) groups is 2. The smallest absolute Gasteiger partial charge is 0.231 e. The zero-order valence-corrected chi connectivity index (χ0v) is 19.3. The van der Waals surface area contributed by atoms with E-state index in [1.165, 1.54) is 11.3 Å². The van der Waals surface area contributed by atoms with Crippen LogP contribution in [0.2, 0.25) is 10.0 Å². The van der Waals surface area contributed by atoms with Gasteiger partial charge in [0.15, 0.2) is 5.96 Å². The Morgan fingerprint density at radius 3 is 2.35 bits per heavy atom. The standard InChI is InChI=1S/C21H17Cl2N3O3S.ClH/c1-29-14-5-2-11(3-6-14)19(28)17-9-13(10-18(27)26-21(24)25)20(30-17)12-4-7-15(22)16(23)8-12;/h2-9H,10H2,1H3,(H4,24,25,26,27);1H. The van der Waals surface area contributed by atoms with Crippen LogP contribution in [0.25, 0.3) is 10.4 Å². The Bertz CT molecular complexity index is 1130. The molecule has 0 saturated heterocycles. The van der Waals surface area contributed by atoms with Gasteiger partial charge < -0.3 is 10.5 Å². The van der Waals surface area contributed by atoms with Gasteiger partial charge in [-0.1, -0.05) is 29.3 Å². The molecular formula is C21H18Cl3N3O3S. The van der Waals surface area contributed by atoms with Crippen LogP contribution < -0.4 is 15.8 Å². The fourth-order valence-electron chi connectivity index (χ4n) is 2.81. The lowest BCUT2D eigenvalue weighted by atomic mass is 10.0. The number of benzene rings is 2. The zero-order valence-electron chi connectivity index (χ0n) is 16.2. The molecule has 0 atom stereocenters. The van der Waals surface area contributed by atoms with Gasteiger partial charge in [-0.2, -0.15) is 0 Å². The molecule has 31 heavy (non-hydrogen) atoms. The molecule has 10 heteroatoms. The molecule has 6 nitrogen and oxygen atoms in total. The molecule has 0 aliphatic carbocycles. The molecule has 1 amide bonds. The van der Waals surface area contributed by atoms with E-state index >= 15 is 0 Å². The van der Waals surface area contributed by atoms with Gasteiger partial charge in [-0.25, -0.2) is 0 Å². The molecule has 0 aliphatic rings. The maximum atomic E-state index is 13.0. The van der Waals surface area contributed by atoms with Gasteiger partial charge in [0, 0.05) is 10.4 Å². The summed E-state index contributed by atoms with van der Waals surface area (Å²) in [4.78, 5) is 26.3. The average molecular weight is 499 g/mol. The minimum absolute atomic E-state index is 0. The van der Waals surface area contributed by atoms with Gasteiger partial charge in [0.2, 0.25) is 11.7 Å². The van der Waals surface area contributed by atoms with E-state index < -0.39 is 11.9 Å². The van der Waals surface area contributed by atoms with E-state index in [2.05, 4.69) is 5.32 Å². The van der Waals surface area contributed by atoms with Gasteiger partial charge in [-0.05, 0) is 53.6 Å². The van der Waals surface area contributed by atoms with Crippen molar-refractivity contribution in [3.05, 3.63) is 74.6 Å². The average Bonchev–Trinajstić information content (AvgIpc) is 3.12. The van der Waals surface area contributed by atoms with Crippen LogP contribution in [-0.4, -0.2) is 24.8 Å². The van der Waals surface area contributed by atoms with Crippen LogP contribution in [0.1, 0.15) is 20.8 Å². The third-order valence-corrected chi connectivity index (χ3v) is 6.16. The molecule has 0 bridgehead atoms. The Morgan fingerprint density at radius 2 is 1.77 bits per heavy atom. The van der Waals surface area contributed by atoms with Crippen molar-refractivity contribution < 1.29 is 14.3 Å². The molecule has 1 aromatic heterocycles. The molecule has 3 aromatic rings. The Hall–Kier alpha value is -2.58. The number of ketones is 1. The highest BCUT2D eigenvalue weighted by atomic mass is 35.5. The number of rotatable bonds is 6. The van der Waals surface area contributed by atoms with Gasteiger partial charge in [0.05, 0.1) is 28.5 Å². The fraction of sp³-hybridized carbons (Fsp3) is 0.0952. The molecule has 4 N–H and O–H groups in total. The number of amides is 1. The Kier molecular flexibility index (Phi) is 8.47. The number of hydrogen-bond donors (Lipinski definition) is 3. The summed E-state index contributed by atoms with van der Waals surface area (Å²) in [6.45, 7) is 0. The third-order valence-electron chi connectivity index (χ3n) is 4.19. The molecule has 0 spiro atoms. The molecule has 0 radical (unpaired) electrons. The Labute approximate surface area is 199 Å². The summed E-state index contributed by atoms with van der Waals surface area (Å²) >= 11 is 13.4. The summed E-state index contributed by atoms with van der Waals surface area (Å²) in [6.07, 6.45) is -0.0540. The van der Waals surface area contributed by atoms with Crippen molar-refractivity contribution >= 4 is 64.6 Å². The van der Waals surface area contributed by atoms with Crippen molar-refractivity contribution in [1.82, 2.24) is 5.32 Å². The van der Waals surface area contributed by atoms with Crippen molar-refractivity contribution in [3.8, 4) is 16.2 Å². The summed E-state index contributed by atoms with van der Waals surface area (Å²) in [5, 5.41) is 10.3. The predicted molar refractivity (Wildman–Crippen MR) is 127 cm³/mol. The van der Waals surface area contributed by atoms with Crippen molar-refractivity contribution in [2.24, 2.45) is 5.73 Å². The summed E-state index contributed by atoms with van der Waals surface area (Å²) in [6, 6.07) is 13.6. The number of hydrogen-bond acceptors (Lipinski definition) is 5. The molecule has 0 saturated carbocycles. The number of nitrogens with one attached hydrogen (secondary N) is 2. The first-order chi connectivity index (χ1) is 14.3. The lowest BCUT2D eigenvalue weighted by molar-refractivity contribution is -0.119. The number of thiophene rings is 1. The van der Waals surface area contributed by atoms with E-state index in [1.807, 2.05) is 0 Å². The normalized spacial score (nSPS) is 10.2. The van der Waals surface area contributed by atoms with E-state index in [9.17, 15) is 9.59 Å². The summed E-state index contributed by atoms with van der Waals surface area (Å²) in [5.41, 5.74) is 7.09. The van der Waals surface area contributed by atoms with Crippen LogP contribution in [0.15, 0.2) is 48.5 Å². The van der Waals surface area contributed by atoms with Gasteiger partial charge in [-0.3, -0.25) is 20.3 Å². The number of ether oxygens (including phenoxy) is 1. The SMILES string of the molecule is COc1ccc(C(=O)c2cc(CC(=O)NC(=N)N)c(-c3ccc(Cl)c(Cl)c3)s2)cc1.Cl. The van der Waals surface area contributed by atoms with Gasteiger partial charge >= 0.3 is 0 Å². The molecular weight excluding hydrogens is 481 g/mol. The maximum absolute atomic E-state index is 13.0. The zero-order chi connectivity index (χ0) is 21.8. The van der Waals surface area contributed by atoms with Crippen LogP contribution in [-0.2, 0) is 11.2 Å². The third kappa shape index (κ3) is 5.98. The highest BCUT2D eigenvalue weighted by molar-refractivity contribution is 7.17. The number of carbonyl (C=O) groups excluding carboxylic acids is 2. The van der Waals surface area contributed by atoms with Gasteiger partial charge in [0.1, 0.15) is 5.75 Å². The van der Waals surface area contributed by atoms with E-state index in [-0.39, 0.29) is 24.6 Å². The molecule has 3 rings (SSSR count). The molecule has 0 unspecified atom stereocenters. The molecule has 0 aliphatic heterocycles. The van der Waals surface area contributed by atoms with Gasteiger partial charge in [0.25, 0.3) is 0 Å². The number of halogens is 3. The van der Waals surface area contributed by atoms with Crippen molar-refractivity contribution in [3.63, 3.8) is 0 Å². The summed E-state index contributed by atoms with van der Waals surface area (Å²) in [5.74, 6) is -0.427. The highest BCUT2D eigenvalue weighted by Crippen LogP contribution is 2.37. The predicted octanol–water partition coefficient (Wildman–Crippen LogP) is 4.94. The minimum atomic E-state index is -0.454.